The van der Waals surface area contributed by atoms with E-state index in [4.69, 9.17) is 9.83 Å². The summed E-state index contributed by atoms with van der Waals surface area (Å²) in [6, 6.07) is 47.8. The van der Waals surface area contributed by atoms with Crippen LogP contribution in [0.2, 0.25) is 0 Å². The van der Waals surface area contributed by atoms with Crippen molar-refractivity contribution < 1.29 is 4.42 Å². The molecule has 4 nitrogen and oxygen atoms in total. The van der Waals surface area contributed by atoms with Crippen LogP contribution in [0.15, 0.2) is 144 Å². The first-order chi connectivity index (χ1) is 20.8. The first-order valence-corrected chi connectivity index (χ1v) is 14.2. The summed E-state index contributed by atoms with van der Waals surface area (Å²) < 4.78 is 8.81. The van der Waals surface area contributed by atoms with Crippen molar-refractivity contribution in [3.8, 4) is 5.69 Å². The Hall–Kier alpha value is -5.61. The SMILES string of the molecule is N=C(c1ccccc1)c1ccccc1NCc1ccc(-n2c3ccccc3c3ccc4c5ccccc5oc4c32)cc1. The van der Waals surface area contributed by atoms with Crippen molar-refractivity contribution in [3.63, 3.8) is 0 Å². The smallest absolute Gasteiger partial charge is 0.160 e. The van der Waals surface area contributed by atoms with Gasteiger partial charge in [-0.05, 0) is 42.0 Å². The average molecular weight is 542 g/mol. The van der Waals surface area contributed by atoms with E-state index in [9.17, 15) is 0 Å². The van der Waals surface area contributed by atoms with Crippen molar-refractivity contribution in [3.05, 3.63) is 156 Å². The molecule has 0 saturated carbocycles. The van der Waals surface area contributed by atoms with Gasteiger partial charge >= 0.3 is 0 Å². The van der Waals surface area contributed by atoms with E-state index in [1.165, 1.54) is 10.8 Å². The maximum absolute atomic E-state index is 8.78. The second-order valence-electron chi connectivity index (χ2n) is 10.6. The number of nitrogens with one attached hydrogen (secondary N) is 2. The molecule has 42 heavy (non-hydrogen) atoms. The fourth-order valence-electron chi connectivity index (χ4n) is 6.07. The first-order valence-electron chi connectivity index (χ1n) is 14.2. The minimum absolute atomic E-state index is 0.511. The molecule has 0 aliphatic carbocycles. The van der Waals surface area contributed by atoms with Crippen molar-refractivity contribution in [2.45, 2.75) is 6.54 Å². The van der Waals surface area contributed by atoms with Crippen LogP contribution in [0.3, 0.4) is 0 Å². The zero-order valence-electron chi connectivity index (χ0n) is 22.8. The normalized spacial score (nSPS) is 11.5. The Balaban J connectivity index is 1.17. The third-order valence-electron chi connectivity index (χ3n) is 8.12. The standard InChI is InChI=1S/C38H27N3O/c39-36(26-10-2-1-3-11-26)32-14-4-7-15-33(32)40-24-25-18-20-27(21-19-25)41-34-16-8-5-12-28(34)30-22-23-31-29-13-6-9-17-35(29)42-38(31)37(30)41/h1-23,39-40H,24H2. The average Bonchev–Trinajstić information content (AvgIpc) is 3.60. The molecule has 0 aliphatic heterocycles. The second-order valence-corrected chi connectivity index (χ2v) is 10.6. The molecule has 0 radical (unpaired) electrons. The van der Waals surface area contributed by atoms with Crippen LogP contribution in [-0.2, 0) is 6.54 Å². The van der Waals surface area contributed by atoms with Crippen LogP contribution in [-0.4, -0.2) is 10.3 Å². The molecule has 8 aromatic rings. The van der Waals surface area contributed by atoms with Crippen LogP contribution in [0, 0.1) is 5.41 Å². The van der Waals surface area contributed by atoms with E-state index in [1.54, 1.807) is 0 Å². The summed E-state index contributed by atoms with van der Waals surface area (Å²) in [6.07, 6.45) is 0. The van der Waals surface area contributed by atoms with Crippen molar-refractivity contribution in [1.82, 2.24) is 4.57 Å². The van der Waals surface area contributed by atoms with Gasteiger partial charge in [-0.25, -0.2) is 0 Å². The minimum atomic E-state index is 0.511. The third kappa shape index (κ3) is 3.88. The molecule has 0 saturated heterocycles. The molecule has 0 aliphatic rings. The molecule has 6 aromatic carbocycles. The zero-order chi connectivity index (χ0) is 28.0. The number of nitrogens with zero attached hydrogens (tertiary/aromatic N) is 1. The Morgan fingerprint density at radius 1 is 0.619 bits per heavy atom. The van der Waals surface area contributed by atoms with Gasteiger partial charge in [-0.15, -0.1) is 0 Å². The minimum Gasteiger partial charge on any atom is -0.454 e. The lowest BCUT2D eigenvalue weighted by Crippen LogP contribution is -2.08. The highest BCUT2D eigenvalue weighted by Crippen LogP contribution is 2.40. The summed E-state index contributed by atoms with van der Waals surface area (Å²) in [5.41, 5.74) is 9.55. The molecular weight excluding hydrogens is 514 g/mol. The number of aromatic nitrogens is 1. The van der Waals surface area contributed by atoms with Gasteiger partial charge in [0.05, 0.1) is 16.7 Å². The van der Waals surface area contributed by atoms with E-state index in [0.29, 0.717) is 12.3 Å². The molecule has 0 unspecified atom stereocenters. The van der Waals surface area contributed by atoms with E-state index in [1.807, 2.05) is 66.7 Å². The van der Waals surface area contributed by atoms with E-state index in [2.05, 4.69) is 82.7 Å². The van der Waals surface area contributed by atoms with Crippen LogP contribution in [0.5, 0.6) is 0 Å². The quantitative estimate of drug-likeness (QED) is 0.206. The first kappa shape index (κ1) is 24.2. The summed E-state index contributed by atoms with van der Waals surface area (Å²) in [6.45, 7) is 0.653. The molecule has 0 atom stereocenters. The molecule has 200 valence electrons. The topological polar surface area (TPSA) is 54.0 Å². The zero-order valence-corrected chi connectivity index (χ0v) is 22.8. The van der Waals surface area contributed by atoms with Crippen LogP contribution in [0.1, 0.15) is 16.7 Å². The lowest BCUT2D eigenvalue weighted by atomic mass is 10.0. The Labute approximate surface area is 243 Å². The molecule has 4 heteroatoms. The van der Waals surface area contributed by atoms with Crippen LogP contribution < -0.4 is 5.32 Å². The summed E-state index contributed by atoms with van der Waals surface area (Å²) >= 11 is 0. The summed E-state index contributed by atoms with van der Waals surface area (Å²) in [7, 11) is 0. The van der Waals surface area contributed by atoms with Crippen molar-refractivity contribution >= 4 is 55.1 Å². The van der Waals surface area contributed by atoms with Crippen molar-refractivity contribution in [2.24, 2.45) is 0 Å². The van der Waals surface area contributed by atoms with Crippen LogP contribution in [0.25, 0.3) is 49.4 Å². The Kier molecular flexibility index (Phi) is 5.64. The van der Waals surface area contributed by atoms with E-state index >= 15 is 0 Å². The van der Waals surface area contributed by atoms with Gasteiger partial charge in [0.25, 0.3) is 0 Å². The molecule has 2 N–H and O–H groups in total. The number of rotatable bonds is 6. The number of para-hydroxylation sites is 3. The highest BCUT2D eigenvalue weighted by atomic mass is 16.3. The predicted molar refractivity (Wildman–Crippen MR) is 174 cm³/mol. The Morgan fingerprint density at radius 3 is 2.17 bits per heavy atom. The van der Waals surface area contributed by atoms with E-state index in [0.717, 1.165) is 61.0 Å². The molecule has 2 aromatic heterocycles. The van der Waals surface area contributed by atoms with Gasteiger partial charge in [0, 0.05) is 50.6 Å². The maximum Gasteiger partial charge on any atom is 0.160 e. The number of anilines is 1. The number of hydrogen-bond donors (Lipinski definition) is 2. The van der Waals surface area contributed by atoms with Crippen LogP contribution in [0.4, 0.5) is 5.69 Å². The summed E-state index contributed by atoms with van der Waals surface area (Å²) in [5, 5.41) is 17.0. The lowest BCUT2D eigenvalue weighted by molar-refractivity contribution is 0.671. The molecule has 0 fully saturated rings. The number of fused-ring (bicyclic) bond motifs is 7. The fourth-order valence-corrected chi connectivity index (χ4v) is 6.07. The molecule has 0 spiro atoms. The van der Waals surface area contributed by atoms with Gasteiger partial charge < -0.3 is 14.3 Å². The van der Waals surface area contributed by atoms with E-state index < -0.39 is 0 Å². The monoisotopic (exact) mass is 541 g/mol. The largest absolute Gasteiger partial charge is 0.454 e. The van der Waals surface area contributed by atoms with Crippen LogP contribution >= 0.6 is 0 Å². The maximum atomic E-state index is 8.78. The Morgan fingerprint density at radius 2 is 1.31 bits per heavy atom. The number of benzene rings is 6. The Bertz CT molecular complexity index is 2260. The summed E-state index contributed by atoms with van der Waals surface area (Å²) in [5.74, 6) is 0. The van der Waals surface area contributed by atoms with Gasteiger partial charge in [0.1, 0.15) is 5.58 Å². The fraction of sp³-hybridized carbons (Fsp3) is 0.0263. The van der Waals surface area contributed by atoms with Gasteiger partial charge in [-0.1, -0.05) is 103 Å². The van der Waals surface area contributed by atoms with Gasteiger partial charge in [-0.2, -0.15) is 0 Å². The van der Waals surface area contributed by atoms with Crippen molar-refractivity contribution in [2.75, 3.05) is 5.32 Å². The molecule has 0 amide bonds. The second kappa shape index (κ2) is 9.79. The van der Waals surface area contributed by atoms with Crippen molar-refractivity contribution in [1.29, 1.82) is 5.41 Å². The van der Waals surface area contributed by atoms with Gasteiger partial charge in [0.2, 0.25) is 0 Å². The highest BCUT2D eigenvalue weighted by Gasteiger charge is 2.18. The van der Waals surface area contributed by atoms with Gasteiger partial charge in [0.15, 0.2) is 5.58 Å². The predicted octanol–water partition coefficient (Wildman–Crippen LogP) is 9.71. The number of hydrogen-bond acceptors (Lipinski definition) is 3. The molecule has 2 heterocycles. The third-order valence-corrected chi connectivity index (χ3v) is 8.12. The van der Waals surface area contributed by atoms with Gasteiger partial charge in [-0.3, -0.25) is 5.41 Å². The number of furan rings is 1. The molecular formula is C38H27N3O. The highest BCUT2D eigenvalue weighted by molar-refractivity contribution is 6.21. The summed E-state index contributed by atoms with van der Waals surface area (Å²) in [4.78, 5) is 0. The molecule has 0 bridgehead atoms. The molecule has 8 rings (SSSR count). The van der Waals surface area contributed by atoms with E-state index in [-0.39, 0.29) is 0 Å². The lowest BCUT2D eigenvalue weighted by Gasteiger charge is -2.14.